The first-order chi connectivity index (χ1) is 8.75. The minimum atomic E-state index is 0.270. The van der Waals surface area contributed by atoms with Gasteiger partial charge < -0.3 is 10.2 Å². The average molecular weight is 244 g/mol. The van der Waals surface area contributed by atoms with Gasteiger partial charge in [0.15, 0.2) is 0 Å². The minimum absolute atomic E-state index is 0.270. The van der Waals surface area contributed by atoms with E-state index in [1.165, 1.54) is 12.0 Å². The van der Waals surface area contributed by atoms with Gasteiger partial charge >= 0.3 is 0 Å². The largest absolute Gasteiger partial charge is 0.313 e. The van der Waals surface area contributed by atoms with Crippen LogP contribution in [0.3, 0.4) is 0 Å². The van der Waals surface area contributed by atoms with Crippen molar-refractivity contribution in [2.45, 2.75) is 44.7 Å². The van der Waals surface area contributed by atoms with Crippen LogP contribution < -0.4 is 10.2 Å². The van der Waals surface area contributed by atoms with Crippen LogP contribution in [0.4, 0.5) is 5.69 Å². The molecule has 3 rings (SSSR count). The van der Waals surface area contributed by atoms with Crippen LogP contribution in [-0.4, -0.2) is 24.5 Å². The number of nitrogens with one attached hydrogen (secondary N) is 1. The van der Waals surface area contributed by atoms with Gasteiger partial charge in [0.2, 0.25) is 5.91 Å². The number of carbonyl (C=O) groups excluding carboxylic acids is 1. The van der Waals surface area contributed by atoms with Crippen molar-refractivity contribution in [3.63, 3.8) is 0 Å². The van der Waals surface area contributed by atoms with Crippen LogP contribution in [0.2, 0.25) is 0 Å². The van der Waals surface area contributed by atoms with Crippen molar-refractivity contribution in [3.05, 3.63) is 29.8 Å². The third kappa shape index (κ3) is 2.03. The fraction of sp³-hybridized carbons (Fsp3) is 0.533. The first-order valence-electron chi connectivity index (χ1n) is 6.89. The van der Waals surface area contributed by atoms with Gasteiger partial charge in [-0.3, -0.25) is 4.79 Å². The highest BCUT2D eigenvalue weighted by atomic mass is 16.2. The number of rotatable bonds is 2. The Morgan fingerprint density at radius 3 is 3.06 bits per heavy atom. The number of hydrogen-bond donors (Lipinski definition) is 1. The van der Waals surface area contributed by atoms with Crippen molar-refractivity contribution < 1.29 is 4.79 Å². The first kappa shape index (κ1) is 11.7. The van der Waals surface area contributed by atoms with E-state index in [0.717, 1.165) is 25.1 Å². The number of benzene rings is 1. The van der Waals surface area contributed by atoms with E-state index in [0.29, 0.717) is 18.5 Å². The summed E-state index contributed by atoms with van der Waals surface area (Å²) in [7, 11) is 0. The number of para-hydroxylation sites is 1. The predicted molar refractivity (Wildman–Crippen MR) is 72.7 cm³/mol. The zero-order chi connectivity index (χ0) is 12.5. The Morgan fingerprint density at radius 2 is 2.28 bits per heavy atom. The first-order valence-corrected chi connectivity index (χ1v) is 6.89. The van der Waals surface area contributed by atoms with E-state index < -0.39 is 0 Å². The number of fused-ring (bicyclic) bond motifs is 1. The van der Waals surface area contributed by atoms with Gasteiger partial charge in [-0.05, 0) is 44.4 Å². The molecule has 1 saturated heterocycles. The molecule has 0 spiro atoms. The Kier molecular flexibility index (Phi) is 3.08. The van der Waals surface area contributed by atoms with Crippen molar-refractivity contribution in [2.75, 3.05) is 11.4 Å². The van der Waals surface area contributed by atoms with Crippen molar-refractivity contribution in [2.24, 2.45) is 0 Å². The number of carbonyl (C=O) groups is 1. The summed E-state index contributed by atoms with van der Waals surface area (Å²) in [6, 6.07) is 8.96. The molecule has 0 aromatic heterocycles. The van der Waals surface area contributed by atoms with E-state index in [1.54, 1.807) is 0 Å². The smallest absolute Gasteiger partial charge is 0.228 e. The van der Waals surface area contributed by atoms with Crippen LogP contribution in [0.5, 0.6) is 0 Å². The van der Waals surface area contributed by atoms with E-state index in [4.69, 9.17) is 0 Å². The lowest BCUT2D eigenvalue weighted by Gasteiger charge is -2.24. The topological polar surface area (TPSA) is 32.3 Å². The molecule has 3 nitrogen and oxygen atoms in total. The summed E-state index contributed by atoms with van der Waals surface area (Å²) in [5, 5.41) is 3.40. The second-order valence-corrected chi connectivity index (χ2v) is 5.44. The van der Waals surface area contributed by atoms with Gasteiger partial charge in [0, 0.05) is 24.2 Å². The Morgan fingerprint density at radius 1 is 1.44 bits per heavy atom. The quantitative estimate of drug-likeness (QED) is 0.864. The summed E-state index contributed by atoms with van der Waals surface area (Å²) >= 11 is 0. The summed E-state index contributed by atoms with van der Waals surface area (Å²) in [6.07, 6.45) is 3.96. The summed E-state index contributed by atoms with van der Waals surface area (Å²) in [6.45, 7) is 3.20. The molecule has 2 atom stereocenters. The fourth-order valence-electron chi connectivity index (χ4n) is 3.19. The number of anilines is 1. The zero-order valence-electron chi connectivity index (χ0n) is 10.9. The minimum Gasteiger partial charge on any atom is -0.313 e. The Labute approximate surface area is 108 Å². The Bertz CT molecular complexity index is 452. The van der Waals surface area contributed by atoms with E-state index >= 15 is 0 Å². The molecule has 1 aromatic carbocycles. The molecule has 1 aromatic rings. The molecular formula is C15H20N2O. The molecule has 0 radical (unpaired) electrons. The van der Waals surface area contributed by atoms with E-state index in [1.807, 2.05) is 11.0 Å². The Balaban J connectivity index is 1.77. The van der Waals surface area contributed by atoms with Crippen molar-refractivity contribution in [1.29, 1.82) is 0 Å². The third-order valence-electron chi connectivity index (χ3n) is 4.06. The average Bonchev–Trinajstić information content (AvgIpc) is 2.94. The van der Waals surface area contributed by atoms with Gasteiger partial charge in [0.05, 0.1) is 0 Å². The zero-order valence-corrected chi connectivity index (χ0v) is 10.9. The number of nitrogens with zero attached hydrogens (tertiary/aromatic N) is 1. The van der Waals surface area contributed by atoms with Gasteiger partial charge in [-0.15, -0.1) is 0 Å². The molecule has 1 fully saturated rings. The molecule has 18 heavy (non-hydrogen) atoms. The second-order valence-electron chi connectivity index (χ2n) is 5.44. The highest BCUT2D eigenvalue weighted by molar-refractivity contribution is 5.96. The van der Waals surface area contributed by atoms with Crippen molar-refractivity contribution in [3.8, 4) is 0 Å². The van der Waals surface area contributed by atoms with Crippen LogP contribution in [0.1, 0.15) is 31.7 Å². The molecule has 2 aliphatic heterocycles. The number of amides is 1. The van der Waals surface area contributed by atoms with Gasteiger partial charge in [-0.1, -0.05) is 18.2 Å². The molecular weight excluding hydrogens is 224 g/mol. The second kappa shape index (κ2) is 4.73. The highest BCUT2D eigenvalue weighted by Crippen LogP contribution is 2.32. The van der Waals surface area contributed by atoms with E-state index in [-0.39, 0.29) is 5.91 Å². The van der Waals surface area contributed by atoms with Gasteiger partial charge in [-0.2, -0.15) is 0 Å². The molecule has 2 aliphatic rings. The van der Waals surface area contributed by atoms with Crippen molar-refractivity contribution >= 4 is 11.6 Å². The summed E-state index contributed by atoms with van der Waals surface area (Å²) in [4.78, 5) is 14.5. The molecule has 96 valence electrons. The molecule has 2 heterocycles. The Hall–Kier alpha value is -1.35. The molecule has 3 heteroatoms. The van der Waals surface area contributed by atoms with Crippen LogP contribution >= 0.6 is 0 Å². The van der Waals surface area contributed by atoms with Gasteiger partial charge in [0.1, 0.15) is 0 Å². The maximum atomic E-state index is 12.5. The SMILES string of the molecule is CC1Cc2ccccc2N1C(=O)CC1CCCN1. The standard InChI is InChI=1S/C15H20N2O/c1-11-9-12-5-2-3-7-14(12)17(11)15(18)10-13-6-4-8-16-13/h2-3,5,7,11,13,16H,4,6,8-10H2,1H3. The molecule has 1 amide bonds. The van der Waals surface area contributed by atoms with Crippen LogP contribution in [0.25, 0.3) is 0 Å². The third-order valence-corrected chi connectivity index (χ3v) is 4.06. The van der Waals surface area contributed by atoms with Crippen LogP contribution in [-0.2, 0) is 11.2 Å². The monoisotopic (exact) mass is 244 g/mol. The molecule has 0 saturated carbocycles. The molecule has 0 bridgehead atoms. The van der Waals surface area contributed by atoms with E-state index in [2.05, 4.69) is 30.4 Å². The fourth-order valence-corrected chi connectivity index (χ4v) is 3.19. The molecule has 2 unspecified atom stereocenters. The number of hydrogen-bond acceptors (Lipinski definition) is 2. The summed E-state index contributed by atoms with van der Waals surface area (Å²) in [5.74, 6) is 0.270. The maximum absolute atomic E-state index is 12.5. The normalized spacial score (nSPS) is 26.4. The van der Waals surface area contributed by atoms with E-state index in [9.17, 15) is 4.79 Å². The summed E-state index contributed by atoms with van der Waals surface area (Å²) in [5.41, 5.74) is 2.42. The van der Waals surface area contributed by atoms with Gasteiger partial charge in [-0.25, -0.2) is 0 Å². The highest BCUT2D eigenvalue weighted by Gasteiger charge is 2.31. The van der Waals surface area contributed by atoms with Crippen LogP contribution in [0.15, 0.2) is 24.3 Å². The predicted octanol–water partition coefficient (Wildman–Crippen LogP) is 2.11. The molecule has 0 aliphatic carbocycles. The van der Waals surface area contributed by atoms with Crippen LogP contribution in [0, 0.1) is 0 Å². The lowest BCUT2D eigenvalue weighted by molar-refractivity contribution is -0.119. The van der Waals surface area contributed by atoms with Crippen molar-refractivity contribution in [1.82, 2.24) is 5.32 Å². The lowest BCUT2D eigenvalue weighted by Crippen LogP contribution is -2.39. The molecule has 1 N–H and O–H groups in total. The maximum Gasteiger partial charge on any atom is 0.228 e. The van der Waals surface area contributed by atoms with Gasteiger partial charge in [0.25, 0.3) is 0 Å². The lowest BCUT2D eigenvalue weighted by atomic mass is 10.1. The summed E-state index contributed by atoms with van der Waals surface area (Å²) < 4.78 is 0.